The third-order valence-electron chi connectivity index (χ3n) is 5.08. The first-order valence-corrected chi connectivity index (χ1v) is 8.52. The molecular formula is C18H28N2O. The molecule has 1 aromatic rings. The standard InChI is InChI=1S/C18H28N2O/c21-18(16-7-3-1-4-8-16)15-19-13-9-17(10-14-19)20-11-5-2-6-12-20/h1,3-4,7-8,17-18,21H,2,5-6,9-15H2/t18-/m1/s1. The lowest BCUT2D eigenvalue weighted by Crippen LogP contribution is -2.47. The number of piperidine rings is 2. The molecular weight excluding hydrogens is 260 g/mol. The van der Waals surface area contributed by atoms with Crippen LogP contribution in [0.1, 0.15) is 43.8 Å². The highest BCUT2D eigenvalue weighted by atomic mass is 16.3. The minimum atomic E-state index is -0.349. The summed E-state index contributed by atoms with van der Waals surface area (Å²) in [6.07, 6.45) is 6.36. The summed E-state index contributed by atoms with van der Waals surface area (Å²) >= 11 is 0. The average Bonchev–Trinajstić information content (AvgIpc) is 2.57. The van der Waals surface area contributed by atoms with E-state index in [2.05, 4.69) is 9.80 Å². The predicted molar refractivity (Wildman–Crippen MR) is 86.3 cm³/mol. The third-order valence-corrected chi connectivity index (χ3v) is 5.08. The lowest BCUT2D eigenvalue weighted by atomic mass is 9.99. The molecule has 1 aromatic carbocycles. The lowest BCUT2D eigenvalue weighted by molar-refractivity contribution is 0.0601. The van der Waals surface area contributed by atoms with Gasteiger partial charge < -0.3 is 14.9 Å². The van der Waals surface area contributed by atoms with Crippen LogP contribution in [0.15, 0.2) is 30.3 Å². The fourth-order valence-electron chi connectivity index (χ4n) is 3.78. The Morgan fingerprint density at radius 2 is 1.62 bits per heavy atom. The number of benzene rings is 1. The van der Waals surface area contributed by atoms with E-state index < -0.39 is 0 Å². The van der Waals surface area contributed by atoms with Gasteiger partial charge in [-0.05, 0) is 57.4 Å². The van der Waals surface area contributed by atoms with Crippen molar-refractivity contribution in [2.24, 2.45) is 0 Å². The zero-order valence-corrected chi connectivity index (χ0v) is 13.0. The summed E-state index contributed by atoms with van der Waals surface area (Å²) in [5, 5.41) is 10.3. The van der Waals surface area contributed by atoms with Crippen LogP contribution >= 0.6 is 0 Å². The third kappa shape index (κ3) is 4.06. The zero-order valence-electron chi connectivity index (χ0n) is 13.0. The smallest absolute Gasteiger partial charge is 0.0916 e. The number of β-amino-alcohol motifs (C(OH)–C–C–N with tert-alkyl or cyclic N) is 1. The van der Waals surface area contributed by atoms with Crippen LogP contribution in [0.3, 0.4) is 0 Å². The summed E-state index contributed by atoms with van der Waals surface area (Å²) in [4.78, 5) is 5.13. The summed E-state index contributed by atoms with van der Waals surface area (Å²) < 4.78 is 0. The van der Waals surface area contributed by atoms with Crippen molar-refractivity contribution in [1.82, 2.24) is 9.80 Å². The van der Waals surface area contributed by atoms with Gasteiger partial charge in [0.1, 0.15) is 0 Å². The van der Waals surface area contributed by atoms with E-state index in [1.165, 1.54) is 45.2 Å². The summed E-state index contributed by atoms with van der Waals surface area (Å²) in [5.41, 5.74) is 1.04. The Morgan fingerprint density at radius 1 is 0.952 bits per heavy atom. The van der Waals surface area contributed by atoms with Gasteiger partial charge in [-0.15, -0.1) is 0 Å². The molecule has 2 aliphatic rings. The largest absolute Gasteiger partial charge is 0.387 e. The van der Waals surface area contributed by atoms with Crippen molar-refractivity contribution in [1.29, 1.82) is 0 Å². The van der Waals surface area contributed by atoms with E-state index in [-0.39, 0.29) is 6.10 Å². The highest BCUT2D eigenvalue weighted by molar-refractivity contribution is 5.17. The number of aliphatic hydroxyl groups is 1. The monoisotopic (exact) mass is 288 g/mol. The van der Waals surface area contributed by atoms with Gasteiger partial charge in [0.2, 0.25) is 0 Å². The first kappa shape index (κ1) is 15.0. The van der Waals surface area contributed by atoms with Crippen molar-refractivity contribution in [3.05, 3.63) is 35.9 Å². The van der Waals surface area contributed by atoms with E-state index in [0.717, 1.165) is 31.2 Å². The van der Waals surface area contributed by atoms with Crippen LogP contribution in [0.5, 0.6) is 0 Å². The van der Waals surface area contributed by atoms with Crippen LogP contribution < -0.4 is 0 Å². The molecule has 0 amide bonds. The maximum absolute atomic E-state index is 10.3. The Labute approximate surface area is 128 Å². The van der Waals surface area contributed by atoms with E-state index in [1.807, 2.05) is 30.3 Å². The molecule has 1 atom stereocenters. The van der Waals surface area contributed by atoms with E-state index in [0.29, 0.717) is 0 Å². The first-order chi connectivity index (χ1) is 10.3. The summed E-state index contributed by atoms with van der Waals surface area (Å²) in [6, 6.07) is 10.8. The molecule has 0 aromatic heterocycles. The Balaban J connectivity index is 1.45. The van der Waals surface area contributed by atoms with Gasteiger partial charge in [0, 0.05) is 12.6 Å². The maximum Gasteiger partial charge on any atom is 0.0916 e. The number of hydrogen-bond donors (Lipinski definition) is 1. The lowest BCUT2D eigenvalue weighted by Gasteiger charge is -2.40. The molecule has 0 unspecified atom stereocenters. The number of likely N-dealkylation sites (tertiary alicyclic amines) is 2. The number of rotatable bonds is 4. The van der Waals surface area contributed by atoms with E-state index >= 15 is 0 Å². The molecule has 3 heteroatoms. The van der Waals surface area contributed by atoms with Crippen molar-refractivity contribution < 1.29 is 5.11 Å². The van der Waals surface area contributed by atoms with Gasteiger partial charge in [0.05, 0.1) is 6.10 Å². The summed E-state index contributed by atoms with van der Waals surface area (Å²) in [7, 11) is 0. The Kier molecular flexibility index (Phi) is 5.28. The van der Waals surface area contributed by atoms with Crippen molar-refractivity contribution >= 4 is 0 Å². The van der Waals surface area contributed by atoms with E-state index in [1.54, 1.807) is 0 Å². The highest BCUT2D eigenvalue weighted by Crippen LogP contribution is 2.22. The highest BCUT2D eigenvalue weighted by Gasteiger charge is 2.26. The van der Waals surface area contributed by atoms with Crippen LogP contribution in [0.2, 0.25) is 0 Å². The van der Waals surface area contributed by atoms with Gasteiger partial charge in [0.15, 0.2) is 0 Å². The van der Waals surface area contributed by atoms with Gasteiger partial charge >= 0.3 is 0 Å². The van der Waals surface area contributed by atoms with Gasteiger partial charge in [-0.2, -0.15) is 0 Å². The van der Waals surface area contributed by atoms with Crippen LogP contribution in [-0.2, 0) is 0 Å². The second-order valence-electron chi connectivity index (χ2n) is 6.55. The molecule has 3 rings (SSSR count). The van der Waals surface area contributed by atoms with E-state index in [4.69, 9.17) is 0 Å². The van der Waals surface area contributed by atoms with Crippen molar-refractivity contribution in [3.63, 3.8) is 0 Å². The molecule has 0 bridgehead atoms. The second kappa shape index (κ2) is 7.39. The van der Waals surface area contributed by atoms with Crippen molar-refractivity contribution in [3.8, 4) is 0 Å². The molecule has 116 valence electrons. The SMILES string of the molecule is O[C@H](CN1CCC(N2CCCCC2)CC1)c1ccccc1. The number of aliphatic hydroxyl groups excluding tert-OH is 1. The average molecular weight is 288 g/mol. The Morgan fingerprint density at radius 3 is 2.29 bits per heavy atom. The summed E-state index contributed by atoms with van der Waals surface area (Å²) in [5.74, 6) is 0. The molecule has 0 radical (unpaired) electrons. The Bertz CT molecular complexity index is 408. The molecule has 1 N–H and O–H groups in total. The topological polar surface area (TPSA) is 26.7 Å². The number of hydrogen-bond acceptors (Lipinski definition) is 3. The molecule has 2 fully saturated rings. The fourth-order valence-corrected chi connectivity index (χ4v) is 3.78. The van der Waals surface area contributed by atoms with Gasteiger partial charge in [-0.3, -0.25) is 0 Å². The second-order valence-corrected chi connectivity index (χ2v) is 6.55. The van der Waals surface area contributed by atoms with Gasteiger partial charge in [0.25, 0.3) is 0 Å². The zero-order chi connectivity index (χ0) is 14.5. The molecule has 2 aliphatic heterocycles. The Hall–Kier alpha value is -0.900. The molecule has 2 heterocycles. The number of nitrogens with zero attached hydrogens (tertiary/aromatic N) is 2. The minimum absolute atomic E-state index is 0.349. The molecule has 3 nitrogen and oxygen atoms in total. The van der Waals surface area contributed by atoms with Gasteiger partial charge in [-0.1, -0.05) is 36.8 Å². The normalized spacial score (nSPS) is 24.0. The van der Waals surface area contributed by atoms with Crippen LogP contribution in [0, 0.1) is 0 Å². The summed E-state index contributed by atoms with van der Waals surface area (Å²) in [6.45, 7) is 5.64. The molecule has 2 saturated heterocycles. The molecule has 0 aliphatic carbocycles. The predicted octanol–water partition coefficient (Wildman–Crippen LogP) is 2.67. The minimum Gasteiger partial charge on any atom is -0.387 e. The van der Waals surface area contributed by atoms with Crippen LogP contribution in [0.4, 0.5) is 0 Å². The van der Waals surface area contributed by atoms with E-state index in [9.17, 15) is 5.11 Å². The quantitative estimate of drug-likeness (QED) is 0.923. The fraction of sp³-hybridized carbons (Fsp3) is 0.667. The maximum atomic E-state index is 10.3. The molecule has 0 saturated carbocycles. The van der Waals surface area contributed by atoms with Crippen molar-refractivity contribution in [2.75, 3.05) is 32.7 Å². The molecule has 21 heavy (non-hydrogen) atoms. The molecule has 0 spiro atoms. The van der Waals surface area contributed by atoms with Crippen molar-refractivity contribution in [2.45, 2.75) is 44.2 Å². The van der Waals surface area contributed by atoms with Gasteiger partial charge in [-0.25, -0.2) is 0 Å². The van der Waals surface area contributed by atoms with Crippen LogP contribution in [-0.4, -0.2) is 53.7 Å². The van der Waals surface area contributed by atoms with Crippen LogP contribution in [0.25, 0.3) is 0 Å². The first-order valence-electron chi connectivity index (χ1n) is 8.52.